The first kappa shape index (κ1) is 18.0. The van der Waals surface area contributed by atoms with E-state index in [1.165, 1.54) is 0 Å². The molecule has 7 heteroatoms. The molecule has 0 radical (unpaired) electrons. The van der Waals surface area contributed by atoms with Crippen molar-refractivity contribution in [3.63, 3.8) is 0 Å². The van der Waals surface area contributed by atoms with Crippen molar-refractivity contribution in [2.75, 3.05) is 27.3 Å². The Hall–Kier alpha value is -3.35. The molecule has 28 heavy (non-hydrogen) atoms. The van der Waals surface area contributed by atoms with E-state index in [2.05, 4.69) is 10.2 Å². The number of hydrogen-bond acceptors (Lipinski definition) is 5. The summed E-state index contributed by atoms with van der Waals surface area (Å²) in [5.74, 6) is 1.90. The second-order valence-electron chi connectivity index (χ2n) is 6.76. The molecule has 2 heterocycles. The second kappa shape index (κ2) is 7.72. The third-order valence-corrected chi connectivity index (χ3v) is 5.18. The van der Waals surface area contributed by atoms with Crippen LogP contribution in [0.4, 0.5) is 0 Å². The lowest BCUT2D eigenvalue weighted by molar-refractivity contribution is 0.0790. The summed E-state index contributed by atoms with van der Waals surface area (Å²) < 4.78 is 12.7. The van der Waals surface area contributed by atoms with Gasteiger partial charge in [0.1, 0.15) is 24.2 Å². The topological polar surface area (TPSA) is 69.5 Å². The average molecular weight is 378 g/mol. The Morgan fingerprint density at radius 1 is 1.04 bits per heavy atom. The van der Waals surface area contributed by atoms with Crippen LogP contribution in [0, 0.1) is 0 Å². The number of methoxy groups -OCH3 is 2. The summed E-state index contributed by atoms with van der Waals surface area (Å²) in [6.07, 6.45) is 4.15. The number of nitrogens with zero attached hydrogens (tertiary/aromatic N) is 4. The van der Waals surface area contributed by atoms with Crippen LogP contribution in [-0.4, -0.2) is 52.9 Å². The van der Waals surface area contributed by atoms with E-state index in [-0.39, 0.29) is 11.8 Å². The maximum atomic E-state index is 12.9. The summed E-state index contributed by atoms with van der Waals surface area (Å²) in [6, 6.07) is 13.3. The summed E-state index contributed by atoms with van der Waals surface area (Å²) in [7, 11) is 3.32. The standard InChI is InChI=1S/C21H22N4O3/c1-27-18-7-8-20(28-2)19(11-18)16-9-10-24(12-16)21(26)15-3-5-17(6-4-15)25-13-22-23-14-25/h3-8,11,13-14,16H,9-10,12H2,1-2H3. The number of benzene rings is 2. The number of ether oxygens (including phenoxy) is 2. The van der Waals surface area contributed by atoms with Crippen molar-refractivity contribution in [3.8, 4) is 17.2 Å². The van der Waals surface area contributed by atoms with Gasteiger partial charge in [0.15, 0.2) is 0 Å². The third-order valence-electron chi connectivity index (χ3n) is 5.18. The van der Waals surface area contributed by atoms with Crippen molar-refractivity contribution in [2.24, 2.45) is 0 Å². The lowest BCUT2D eigenvalue weighted by Crippen LogP contribution is -2.28. The SMILES string of the molecule is COc1ccc(OC)c(C2CCN(C(=O)c3ccc(-n4cnnc4)cc3)C2)c1. The predicted octanol–water partition coefficient (Wildman–Crippen LogP) is 2.91. The first-order valence-corrected chi connectivity index (χ1v) is 9.16. The Bertz CT molecular complexity index is 954. The number of amides is 1. The van der Waals surface area contributed by atoms with Gasteiger partial charge in [0.2, 0.25) is 0 Å². The summed E-state index contributed by atoms with van der Waals surface area (Å²) in [4.78, 5) is 14.8. The number of aromatic nitrogens is 3. The van der Waals surface area contributed by atoms with Crippen LogP contribution in [-0.2, 0) is 0 Å². The van der Waals surface area contributed by atoms with Gasteiger partial charge in [-0.2, -0.15) is 0 Å². The van der Waals surface area contributed by atoms with Crippen LogP contribution in [0.1, 0.15) is 28.3 Å². The summed E-state index contributed by atoms with van der Waals surface area (Å²) in [5, 5.41) is 7.60. The Morgan fingerprint density at radius 3 is 2.46 bits per heavy atom. The Kier molecular flexibility index (Phi) is 4.97. The lowest BCUT2D eigenvalue weighted by Gasteiger charge is -2.19. The highest BCUT2D eigenvalue weighted by Crippen LogP contribution is 2.36. The maximum Gasteiger partial charge on any atom is 0.253 e. The van der Waals surface area contributed by atoms with E-state index in [0.29, 0.717) is 12.1 Å². The van der Waals surface area contributed by atoms with Crippen molar-refractivity contribution in [2.45, 2.75) is 12.3 Å². The molecule has 1 saturated heterocycles. The molecule has 0 aliphatic carbocycles. The normalized spacial score (nSPS) is 16.2. The smallest absolute Gasteiger partial charge is 0.253 e. The van der Waals surface area contributed by atoms with Gasteiger partial charge in [0.25, 0.3) is 5.91 Å². The van der Waals surface area contributed by atoms with E-state index in [0.717, 1.165) is 35.7 Å². The number of likely N-dealkylation sites (tertiary alicyclic amines) is 1. The Morgan fingerprint density at radius 2 is 1.79 bits per heavy atom. The van der Waals surface area contributed by atoms with Gasteiger partial charge < -0.3 is 14.4 Å². The Balaban J connectivity index is 1.49. The maximum absolute atomic E-state index is 12.9. The lowest BCUT2D eigenvalue weighted by atomic mass is 9.97. The molecule has 3 aromatic rings. The summed E-state index contributed by atoms with van der Waals surface area (Å²) in [6.45, 7) is 1.38. The molecule has 1 aromatic heterocycles. The van der Waals surface area contributed by atoms with Gasteiger partial charge in [-0.05, 0) is 48.9 Å². The van der Waals surface area contributed by atoms with Gasteiger partial charge in [0, 0.05) is 35.8 Å². The number of hydrogen-bond donors (Lipinski definition) is 0. The van der Waals surface area contributed by atoms with Crippen LogP contribution >= 0.6 is 0 Å². The first-order chi connectivity index (χ1) is 13.7. The summed E-state index contributed by atoms with van der Waals surface area (Å²) >= 11 is 0. The molecule has 4 rings (SSSR count). The average Bonchev–Trinajstić information content (AvgIpc) is 3.45. The number of rotatable bonds is 5. The van der Waals surface area contributed by atoms with E-state index in [1.807, 2.05) is 47.4 Å². The van der Waals surface area contributed by atoms with Crippen LogP contribution < -0.4 is 9.47 Å². The van der Waals surface area contributed by atoms with Crippen LogP contribution in [0.3, 0.4) is 0 Å². The zero-order valence-corrected chi connectivity index (χ0v) is 15.9. The predicted molar refractivity (Wildman–Crippen MR) is 104 cm³/mol. The first-order valence-electron chi connectivity index (χ1n) is 9.16. The minimum atomic E-state index is 0.0414. The van der Waals surface area contributed by atoms with Crippen LogP contribution in [0.25, 0.3) is 5.69 Å². The fourth-order valence-corrected chi connectivity index (χ4v) is 3.65. The molecule has 0 spiro atoms. The van der Waals surface area contributed by atoms with Gasteiger partial charge in [0.05, 0.1) is 14.2 Å². The van der Waals surface area contributed by atoms with E-state index >= 15 is 0 Å². The highest BCUT2D eigenvalue weighted by atomic mass is 16.5. The number of carbonyl (C=O) groups excluding carboxylic acids is 1. The van der Waals surface area contributed by atoms with Crippen LogP contribution in [0.15, 0.2) is 55.1 Å². The molecule has 1 aliphatic heterocycles. The van der Waals surface area contributed by atoms with Crippen molar-refractivity contribution in [1.29, 1.82) is 0 Å². The molecule has 0 bridgehead atoms. The van der Waals surface area contributed by atoms with Crippen molar-refractivity contribution in [1.82, 2.24) is 19.7 Å². The number of carbonyl (C=O) groups is 1. The molecule has 1 unspecified atom stereocenters. The van der Waals surface area contributed by atoms with Crippen molar-refractivity contribution >= 4 is 5.91 Å². The molecule has 1 aliphatic rings. The van der Waals surface area contributed by atoms with E-state index in [9.17, 15) is 4.79 Å². The molecule has 7 nitrogen and oxygen atoms in total. The molecule has 1 fully saturated rings. The molecule has 144 valence electrons. The quantitative estimate of drug-likeness (QED) is 0.683. The zero-order chi connectivity index (χ0) is 19.5. The molecule has 0 N–H and O–H groups in total. The molecular formula is C21H22N4O3. The second-order valence-corrected chi connectivity index (χ2v) is 6.76. The molecule has 1 amide bonds. The fourth-order valence-electron chi connectivity index (χ4n) is 3.65. The fraction of sp³-hybridized carbons (Fsp3) is 0.286. The van der Waals surface area contributed by atoms with Gasteiger partial charge >= 0.3 is 0 Å². The zero-order valence-electron chi connectivity index (χ0n) is 15.9. The van der Waals surface area contributed by atoms with Gasteiger partial charge in [-0.25, -0.2) is 0 Å². The van der Waals surface area contributed by atoms with E-state index in [1.54, 1.807) is 31.4 Å². The third kappa shape index (κ3) is 3.43. The summed E-state index contributed by atoms with van der Waals surface area (Å²) in [5.41, 5.74) is 2.68. The van der Waals surface area contributed by atoms with Gasteiger partial charge in [-0.15, -0.1) is 10.2 Å². The van der Waals surface area contributed by atoms with Crippen molar-refractivity contribution < 1.29 is 14.3 Å². The van der Waals surface area contributed by atoms with Crippen LogP contribution in [0.2, 0.25) is 0 Å². The largest absolute Gasteiger partial charge is 0.497 e. The minimum absolute atomic E-state index is 0.0414. The van der Waals surface area contributed by atoms with Gasteiger partial charge in [-0.1, -0.05) is 0 Å². The highest BCUT2D eigenvalue weighted by Gasteiger charge is 2.30. The van der Waals surface area contributed by atoms with Crippen LogP contribution in [0.5, 0.6) is 11.5 Å². The minimum Gasteiger partial charge on any atom is -0.497 e. The molecule has 2 aromatic carbocycles. The molecule has 1 atom stereocenters. The van der Waals surface area contributed by atoms with E-state index in [4.69, 9.17) is 9.47 Å². The van der Waals surface area contributed by atoms with Gasteiger partial charge in [-0.3, -0.25) is 9.36 Å². The monoisotopic (exact) mass is 378 g/mol. The Labute approximate surface area is 163 Å². The highest BCUT2D eigenvalue weighted by molar-refractivity contribution is 5.94. The molecular weight excluding hydrogens is 356 g/mol. The molecule has 0 saturated carbocycles. The van der Waals surface area contributed by atoms with Crippen molar-refractivity contribution in [3.05, 3.63) is 66.2 Å². The van der Waals surface area contributed by atoms with E-state index < -0.39 is 0 Å².